The maximum absolute atomic E-state index is 5.94. The van der Waals surface area contributed by atoms with E-state index < -0.39 is 0 Å². The van der Waals surface area contributed by atoms with Crippen LogP contribution in [0.15, 0.2) is 24.3 Å². The number of rotatable bonds is 3. The Morgan fingerprint density at radius 2 is 2.08 bits per heavy atom. The Morgan fingerprint density at radius 1 is 1.38 bits per heavy atom. The average molecular weight is 178 g/mol. The van der Waals surface area contributed by atoms with Gasteiger partial charge in [-0.25, -0.2) is 0 Å². The summed E-state index contributed by atoms with van der Waals surface area (Å²) in [5.41, 5.74) is 8.37. The molecule has 72 valence electrons. The van der Waals surface area contributed by atoms with E-state index in [-0.39, 0.29) is 6.04 Å². The minimum absolute atomic E-state index is 0.167. The molecule has 0 heterocycles. The van der Waals surface area contributed by atoms with Crippen LogP contribution in [0, 0.1) is 0 Å². The zero-order valence-electron chi connectivity index (χ0n) is 8.62. The number of nitrogens with zero attached hydrogens (tertiary/aromatic N) is 1. The van der Waals surface area contributed by atoms with E-state index in [1.54, 1.807) is 0 Å². The molecule has 1 rings (SSSR count). The summed E-state index contributed by atoms with van der Waals surface area (Å²) in [6, 6.07) is 8.54. The van der Waals surface area contributed by atoms with Gasteiger partial charge in [-0.15, -0.1) is 0 Å². The van der Waals surface area contributed by atoms with Crippen LogP contribution < -0.4 is 10.6 Å². The lowest BCUT2D eigenvalue weighted by molar-refractivity contribution is 0.698. The Hall–Kier alpha value is -1.02. The van der Waals surface area contributed by atoms with Gasteiger partial charge in [0.15, 0.2) is 0 Å². The van der Waals surface area contributed by atoms with Crippen LogP contribution in [-0.2, 0) is 0 Å². The van der Waals surface area contributed by atoms with E-state index in [9.17, 15) is 0 Å². The maximum atomic E-state index is 5.94. The first-order valence-corrected chi connectivity index (χ1v) is 4.68. The van der Waals surface area contributed by atoms with E-state index in [2.05, 4.69) is 36.1 Å². The summed E-state index contributed by atoms with van der Waals surface area (Å²) in [7, 11) is 4.08. The van der Waals surface area contributed by atoms with Gasteiger partial charge in [-0.3, -0.25) is 0 Å². The van der Waals surface area contributed by atoms with E-state index in [0.29, 0.717) is 0 Å². The smallest absolute Gasteiger partial charge is 0.0364 e. The Morgan fingerprint density at radius 3 is 2.62 bits per heavy atom. The van der Waals surface area contributed by atoms with Crippen molar-refractivity contribution >= 4 is 5.69 Å². The molecule has 0 bridgehead atoms. The summed E-state index contributed by atoms with van der Waals surface area (Å²) in [6.45, 7) is 2.10. The molecule has 1 aromatic rings. The van der Waals surface area contributed by atoms with Crippen molar-refractivity contribution in [2.24, 2.45) is 5.73 Å². The number of hydrogen-bond acceptors (Lipinski definition) is 2. The molecule has 1 aromatic carbocycles. The van der Waals surface area contributed by atoms with Crippen LogP contribution in [0.3, 0.4) is 0 Å². The summed E-state index contributed by atoms with van der Waals surface area (Å²) in [5, 5.41) is 0. The van der Waals surface area contributed by atoms with Crippen molar-refractivity contribution < 1.29 is 0 Å². The van der Waals surface area contributed by atoms with Crippen molar-refractivity contribution in [3.05, 3.63) is 29.8 Å². The first-order valence-electron chi connectivity index (χ1n) is 4.68. The molecular formula is C11H18N2. The minimum atomic E-state index is 0.167. The van der Waals surface area contributed by atoms with Gasteiger partial charge in [-0.05, 0) is 24.1 Å². The Bertz CT molecular complexity index is 269. The largest absolute Gasteiger partial charge is 0.378 e. The number of hydrogen-bond donors (Lipinski definition) is 1. The fourth-order valence-corrected chi connectivity index (χ4v) is 1.27. The van der Waals surface area contributed by atoms with Gasteiger partial charge in [-0.1, -0.05) is 19.1 Å². The molecular weight excluding hydrogens is 160 g/mol. The van der Waals surface area contributed by atoms with Gasteiger partial charge < -0.3 is 10.6 Å². The highest BCUT2D eigenvalue weighted by molar-refractivity contribution is 5.47. The van der Waals surface area contributed by atoms with E-state index in [1.165, 1.54) is 11.3 Å². The van der Waals surface area contributed by atoms with Crippen LogP contribution in [0.1, 0.15) is 24.9 Å². The summed E-state index contributed by atoms with van der Waals surface area (Å²) in [6.07, 6.45) is 0.983. The highest BCUT2D eigenvalue weighted by Gasteiger charge is 2.03. The van der Waals surface area contributed by atoms with E-state index in [4.69, 9.17) is 5.73 Å². The number of benzene rings is 1. The normalized spacial score (nSPS) is 12.6. The highest BCUT2D eigenvalue weighted by atomic mass is 15.1. The molecule has 2 N–H and O–H groups in total. The molecule has 13 heavy (non-hydrogen) atoms. The van der Waals surface area contributed by atoms with Crippen LogP contribution in [0.2, 0.25) is 0 Å². The molecule has 1 atom stereocenters. The summed E-state index contributed by atoms with van der Waals surface area (Å²) >= 11 is 0. The fraction of sp³-hybridized carbons (Fsp3) is 0.455. The van der Waals surface area contributed by atoms with Gasteiger partial charge in [0.05, 0.1) is 0 Å². The van der Waals surface area contributed by atoms with Crippen molar-refractivity contribution in [1.82, 2.24) is 0 Å². The third-order valence-electron chi connectivity index (χ3n) is 2.25. The second kappa shape index (κ2) is 4.28. The van der Waals surface area contributed by atoms with Crippen molar-refractivity contribution in [3.8, 4) is 0 Å². The second-order valence-corrected chi connectivity index (χ2v) is 3.50. The third-order valence-corrected chi connectivity index (χ3v) is 2.25. The Kier molecular flexibility index (Phi) is 3.32. The van der Waals surface area contributed by atoms with Crippen molar-refractivity contribution in [2.75, 3.05) is 19.0 Å². The molecule has 0 saturated heterocycles. The molecule has 0 amide bonds. The van der Waals surface area contributed by atoms with Gasteiger partial charge >= 0.3 is 0 Å². The molecule has 2 nitrogen and oxygen atoms in total. The Balaban J connectivity index is 2.91. The summed E-state index contributed by atoms with van der Waals surface area (Å²) in [5.74, 6) is 0. The third kappa shape index (κ3) is 2.46. The minimum Gasteiger partial charge on any atom is -0.378 e. The molecule has 0 spiro atoms. The molecule has 0 radical (unpaired) electrons. The summed E-state index contributed by atoms with van der Waals surface area (Å²) < 4.78 is 0. The molecule has 0 saturated carbocycles. The maximum Gasteiger partial charge on any atom is 0.0364 e. The van der Waals surface area contributed by atoms with Crippen molar-refractivity contribution in [2.45, 2.75) is 19.4 Å². The lowest BCUT2D eigenvalue weighted by Crippen LogP contribution is -2.12. The van der Waals surface area contributed by atoms with Crippen LogP contribution >= 0.6 is 0 Å². The molecule has 0 aliphatic carbocycles. The predicted molar refractivity (Wildman–Crippen MR) is 58.0 cm³/mol. The predicted octanol–water partition coefficient (Wildman–Crippen LogP) is 2.16. The van der Waals surface area contributed by atoms with Crippen LogP contribution in [0.4, 0.5) is 5.69 Å². The van der Waals surface area contributed by atoms with Gasteiger partial charge in [-0.2, -0.15) is 0 Å². The van der Waals surface area contributed by atoms with Gasteiger partial charge in [0.25, 0.3) is 0 Å². The standard InChI is InChI=1S/C11H18N2/c1-4-11(12)9-6-5-7-10(8-9)13(2)3/h5-8,11H,4,12H2,1-3H3/t11-/m1/s1. The average Bonchev–Trinajstić information content (AvgIpc) is 2.17. The number of anilines is 1. The van der Waals surface area contributed by atoms with Crippen LogP contribution in [0.5, 0.6) is 0 Å². The molecule has 0 aliphatic rings. The molecule has 0 aromatic heterocycles. The topological polar surface area (TPSA) is 29.3 Å². The van der Waals surface area contributed by atoms with Crippen LogP contribution in [-0.4, -0.2) is 14.1 Å². The van der Waals surface area contributed by atoms with Gasteiger partial charge in [0.2, 0.25) is 0 Å². The van der Waals surface area contributed by atoms with Gasteiger partial charge in [0, 0.05) is 25.8 Å². The second-order valence-electron chi connectivity index (χ2n) is 3.50. The molecule has 0 fully saturated rings. The van der Waals surface area contributed by atoms with E-state index in [0.717, 1.165) is 6.42 Å². The monoisotopic (exact) mass is 178 g/mol. The van der Waals surface area contributed by atoms with E-state index in [1.807, 2.05) is 14.1 Å². The Labute approximate surface area is 80.4 Å². The fourth-order valence-electron chi connectivity index (χ4n) is 1.27. The quantitative estimate of drug-likeness (QED) is 0.768. The van der Waals surface area contributed by atoms with E-state index >= 15 is 0 Å². The van der Waals surface area contributed by atoms with Crippen LogP contribution in [0.25, 0.3) is 0 Å². The lowest BCUT2D eigenvalue weighted by Gasteiger charge is -2.15. The zero-order chi connectivity index (χ0) is 9.84. The zero-order valence-corrected chi connectivity index (χ0v) is 8.62. The molecule has 2 heteroatoms. The highest BCUT2D eigenvalue weighted by Crippen LogP contribution is 2.19. The molecule has 0 aliphatic heterocycles. The summed E-state index contributed by atoms with van der Waals surface area (Å²) in [4.78, 5) is 2.09. The lowest BCUT2D eigenvalue weighted by atomic mass is 10.0. The first kappa shape index (κ1) is 10.1. The molecule has 0 unspecified atom stereocenters. The van der Waals surface area contributed by atoms with Crippen molar-refractivity contribution in [3.63, 3.8) is 0 Å². The first-order chi connectivity index (χ1) is 6.15. The SMILES string of the molecule is CC[C@@H](N)c1cccc(N(C)C)c1. The van der Waals surface area contributed by atoms with Gasteiger partial charge in [0.1, 0.15) is 0 Å². The number of nitrogens with two attached hydrogens (primary N) is 1. The van der Waals surface area contributed by atoms with Crippen molar-refractivity contribution in [1.29, 1.82) is 0 Å².